The number of fused-ring (bicyclic) bond motifs is 3. The van der Waals surface area contributed by atoms with Crippen molar-refractivity contribution in [2.75, 3.05) is 17.7 Å². The summed E-state index contributed by atoms with van der Waals surface area (Å²) in [7, 11) is 0. The molecule has 0 spiro atoms. The number of carbonyl (C=O) groups is 2. The van der Waals surface area contributed by atoms with Gasteiger partial charge in [0.25, 0.3) is 0 Å². The van der Waals surface area contributed by atoms with Gasteiger partial charge >= 0.3 is 5.97 Å². The van der Waals surface area contributed by atoms with E-state index in [2.05, 4.69) is 27.2 Å². The number of thiophene rings is 1. The molecule has 7 nitrogen and oxygen atoms in total. The van der Waals surface area contributed by atoms with Crippen molar-refractivity contribution in [3.05, 3.63) is 27.3 Å². The summed E-state index contributed by atoms with van der Waals surface area (Å²) in [5.41, 5.74) is 1.91. The van der Waals surface area contributed by atoms with Crippen molar-refractivity contribution in [3.63, 3.8) is 0 Å². The summed E-state index contributed by atoms with van der Waals surface area (Å²) in [6, 6.07) is 0. The maximum atomic E-state index is 12.5. The molecule has 4 rings (SSSR count). The van der Waals surface area contributed by atoms with E-state index in [0.29, 0.717) is 28.2 Å². The average molecular weight is 463 g/mol. The topological polar surface area (TPSA) is 94.1 Å². The summed E-state index contributed by atoms with van der Waals surface area (Å²) in [5, 5.41) is 5.14. The van der Waals surface area contributed by atoms with Gasteiger partial charge in [-0.25, -0.2) is 19.7 Å². The molecule has 0 radical (unpaired) electrons. The number of nitrogens with zero attached hydrogens (tertiary/aromatic N) is 3. The van der Waals surface area contributed by atoms with Gasteiger partial charge in [0.15, 0.2) is 5.13 Å². The molecule has 1 amide bonds. The second-order valence-electron chi connectivity index (χ2n) is 7.20. The van der Waals surface area contributed by atoms with Crippen LogP contribution in [0.2, 0.25) is 0 Å². The Kier molecular flexibility index (Phi) is 6.35. The number of nitrogens with one attached hydrogen (secondary N) is 1. The lowest BCUT2D eigenvalue weighted by Gasteiger charge is -2.18. The van der Waals surface area contributed by atoms with Crippen molar-refractivity contribution in [2.45, 2.75) is 45.1 Å². The highest BCUT2D eigenvalue weighted by atomic mass is 32.2. The minimum Gasteiger partial charge on any atom is -0.462 e. The van der Waals surface area contributed by atoms with Crippen molar-refractivity contribution in [3.8, 4) is 0 Å². The second kappa shape index (κ2) is 8.99. The van der Waals surface area contributed by atoms with Crippen molar-refractivity contribution < 1.29 is 14.3 Å². The molecule has 158 valence electrons. The van der Waals surface area contributed by atoms with Gasteiger partial charge in [0.2, 0.25) is 5.91 Å². The first kappa shape index (κ1) is 21.2. The number of anilines is 1. The van der Waals surface area contributed by atoms with Crippen molar-refractivity contribution in [1.29, 1.82) is 0 Å². The Labute approximate surface area is 186 Å². The van der Waals surface area contributed by atoms with Crippen molar-refractivity contribution >= 4 is 61.7 Å². The van der Waals surface area contributed by atoms with Crippen LogP contribution < -0.4 is 5.32 Å². The van der Waals surface area contributed by atoms with E-state index in [9.17, 15) is 9.59 Å². The number of esters is 1. The van der Waals surface area contributed by atoms with Crippen LogP contribution >= 0.6 is 34.4 Å². The summed E-state index contributed by atoms with van der Waals surface area (Å²) in [4.78, 5) is 40.4. The molecule has 3 aromatic rings. The number of thiazole rings is 1. The maximum absolute atomic E-state index is 12.5. The zero-order chi connectivity index (χ0) is 21.3. The number of rotatable bonds is 6. The molecule has 0 aromatic carbocycles. The predicted octanol–water partition coefficient (Wildman–Crippen LogP) is 4.49. The number of aromatic nitrogens is 3. The highest BCUT2D eigenvalue weighted by molar-refractivity contribution is 8.00. The number of ether oxygens (including phenoxy) is 1. The Balaban J connectivity index is 1.45. The minimum absolute atomic E-state index is 0.186. The third-order valence-electron chi connectivity index (χ3n) is 4.90. The van der Waals surface area contributed by atoms with Crippen LogP contribution in [0.5, 0.6) is 0 Å². The molecule has 0 bridgehead atoms. The van der Waals surface area contributed by atoms with Gasteiger partial charge in [0, 0.05) is 10.3 Å². The number of thioether (sulfide) groups is 1. The second-order valence-corrected chi connectivity index (χ2v) is 10.2. The molecular weight excluding hydrogens is 440 g/mol. The van der Waals surface area contributed by atoms with Gasteiger partial charge in [-0.3, -0.25) is 4.79 Å². The number of hydrogen-bond donors (Lipinski definition) is 1. The van der Waals surface area contributed by atoms with E-state index >= 15 is 0 Å². The van der Waals surface area contributed by atoms with Crippen LogP contribution in [0.1, 0.15) is 46.1 Å². The summed E-state index contributed by atoms with van der Waals surface area (Å²) < 4.78 is 5.02. The zero-order valence-electron chi connectivity index (χ0n) is 17.0. The molecule has 1 atom stereocenters. The first-order valence-electron chi connectivity index (χ1n) is 9.78. The number of hydrogen-bond acceptors (Lipinski definition) is 9. The Morgan fingerprint density at radius 3 is 2.97 bits per heavy atom. The summed E-state index contributed by atoms with van der Waals surface area (Å²) in [6.07, 6.45) is 4.88. The van der Waals surface area contributed by atoms with E-state index in [1.165, 1.54) is 28.6 Å². The fourth-order valence-corrected chi connectivity index (χ4v) is 6.60. The molecule has 1 N–H and O–H groups in total. The zero-order valence-corrected chi connectivity index (χ0v) is 19.4. The van der Waals surface area contributed by atoms with Crippen molar-refractivity contribution in [2.24, 2.45) is 5.92 Å². The largest absolute Gasteiger partial charge is 0.462 e. The lowest BCUT2D eigenvalue weighted by atomic mass is 9.89. The summed E-state index contributed by atoms with van der Waals surface area (Å²) >= 11 is 4.29. The fraction of sp³-hybridized carbons (Fsp3) is 0.450. The smallest absolute Gasteiger partial charge is 0.350 e. The molecule has 3 aromatic heterocycles. The number of aryl methyl sites for hydroxylation is 2. The predicted molar refractivity (Wildman–Crippen MR) is 121 cm³/mol. The van der Waals surface area contributed by atoms with Gasteiger partial charge < -0.3 is 10.1 Å². The van der Waals surface area contributed by atoms with E-state index in [-0.39, 0.29) is 11.7 Å². The number of carbonyl (C=O) groups excluding carboxylic acids is 2. The monoisotopic (exact) mass is 462 g/mol. The van der Waals surface area contributed by atoms with Gasteiger partial charge in [-0.1, -0.05) is 30.0 Å². The molecule has 1 aliphatic carbocycles. The number of amides is 1. The maximum Gasteiger partial charge on any atom is 0.350 e. The van der Waals surface area contributed by atoms with Crippen molar-refractivity contribution in [1.82, 2.24) is 15.0 Å². The van der Waals surface area contributed by atoms with Crippen LogP contribution in [0, 0.1) is 12.8 Å². The Hall–Kier alpha value is -2.04. The first-order chi connectivity index (χ1) is 14.5. The third kappa shape index (κ3) is 4.35. The quantitative estimate of drug-likeness (QED) is 0.328. The van der Waals surface area contributed by atoms with E-state index in [1.54, 1.807) is 31.5 Å². The van der Waals surface area contributed by atoms with Crippen LogP contribution in [-0.2, 0) is 22.4 Å². The van der Waals surface area contributed by atoms with E-state index in [0.717, 1.165) is 39.4 Å². The van der Waals surface area contributed by atoms with Crippen LogP contribution in [0.4, 0.5) is 5.13 Å². The van der Waals surface area contributed by atoms with E-state index in [1.807, 2.05) is 0 Å². The molecule has 30 heavy (non-hydrogen) atoms. The summed E-state index contributed by atoms with van der Waals surface area (Å²) in [6.45, 7) is 6.06. The molecule has 0 aliphatic heterocycles. The Bertz CT molecular complexity index is 1110. The fourth-order valence-electron chi connectivity index (χ4n) is 3.48. The molecule has 10 heteroatoms. The van der Waals surface area contributed by atoms with E-state index in [4.69, 9.17) is 4.74 Å². The Morgan fingerprint density at radius 2 is 2.17 bits per heavy atom. The van der Waals surface area contributed by atoms with Gasteiger partial charge in [0.1, 0.15) is 21.1 Å². The highest BCUT2D eigenvalue weighted by Crippen LogP contribution is 2.40. The standard InChI is InChI=1S/C20H22N4O3S3/c1-4-27-19(26)16-11(3)23-20(30-16)24-14(25)8-28-17-15-12-6-5-10(2)7-13(12)29-18(15)22-9-21-17/h9-10H,4-8H2,1-3H3,(H,23,24,25)/t10-/m1/s1. The lowest BCUT2D eigenvalue weighted by molar-refractivity contribution is -0.113. The molecule has 1 aliphatic rings. The van der Waals surface area contributed by atoms with E-state index < -0.39 is 5.97 Å². The molecule has 0 saturated carbocycles. The summed E-state index contributed by atoms with van der Waals surface area (Å²) in [5.74, 6) is 0.304. The normalized spacial score (nSPS) is 15.8. The lowest BCUT2D eigenvalue weighted by Crippen LogP contribution is -2.14. The van der Waals surface area contributed by atoms with Gasteiger partial charge in [-0.15, -0.1) is 11.3 Å². The SMILES string of the molecule is CCOC(=O)c1sc(NC(=O)CSc2ncnc3sc4c(c23)CC[C@@H](C)C4)nc1C. The molecular formula is C20H22N4O3S3. The first-order valence-corrected chi connectivity index (χ1v) is 12.4. The molecule has 0 saturated heterocycles. The Morgan fingerprint density at radius 1 is 1.33 bits per heavy atom. The van der Waals surface area contributed by atoms with Gasteiger partial charge in [0.05, 0.1) is 18.1 Å². The third-order valence-corrected chi connectivity index (χ3v) is 8.11. The van der Waals surface area contributed by atoms with Crippen LogP contribution in [0.15, 0.2) is 11.4 Å². The van der Waals surface area contributed by atoms with Crippen LogP contribution in [0.25, 0.3) is 10.2 Å². The average Bonchev–Trinajstić information content (AvgIpc) is 3.26. The highest BCUT2D eigenvalue weighted by Gasteiger charge is 2.23. The van der Waals surface area contributed by atoms with Gasteiger partial charge in [-0.05, 0) is 44.6 Å². The molecule has 0 fully saturated rings. The minimum atomic E-state index is -0.415. The van der Waals surface area contributed by atoms with Crippen LogP contribution in [-0.4, -0.2) is 39.2 Å². The van der Waals surface area contributed by atoms with Crippen LogP contribution in [0.3, 0.4) is 0 Å². The molecule has 3 heterocycles. The molecule has 0 unspecified atom stereocenters. The van der Waals surface area contributed by atoms with Gasteiger partial charge in [-0.2, -0.15) is 0 Å².